The molecule has 0 atom stereocenters. The summed E-state index contributed by atoms with van der Waals surface area (Å²) in [6.07, 6.45) is 0.700. The van der Waals surface area contributed by atoms with Gasteiger partial charge < -0.3 is 4.74 Å². The smallest absolute Gasteiger partial charge is 0.142 e. The van der Waals surface area contributed by atoms with Gasteiger partial charge in [-0.1, -0.05) is 28.1 Å². The lowest BCUT2D eigenvalue weighted by Gasteiger charge is -2.12. The molecule has 5 heteroatoms. The maximum Gasteiger partial charge on any atom is 0.142 e. The van der Waals surface area contributed by atoms with E-state index in [9.17, 15) is 0 Å². The van der Waals surface area contributed by atoms with Crippen molar-refractivity contribution in [2.45, 2.75) is 6.42 Å². The molecule has 0 saturated heterocycles. The number of aromatic nitrogens is 2. The molecule has 3 rings (SSSR count). The molecule has 1 aromatic heterocycles. The highest BCUT2D eigenvalue weighted by Gasteiger charge is 2.15. The Morgan fingerprint density at radius 3 is 2.81 bits per heavy atom. The fourth-order valence-electron chi connectivity index (χ4n) is 2.44. The maximum absolute atomic E-state index is 5.93. The van der Waals surface area contributed by atoms with E-state index < -0.39 is 0 Å². The highest BCUT2D eigenvalue weighted by molar-refractivity contribution is 9.10. The predicted octanol–water partition coefficient (Wildman–Crippen LogP) is 4.58. The number of halogens is 2. The summed E-state index contributed by atoms with van der Waals surface area (Å²) in [4.78, 5) is 4.71. The van der Waals surface area contributed by atoms with Crippen LogP contribution in [0, 0.1) is 0 Å². The lowest BCUT2D eigenvalue weighted by Crippen LogP contribution is -2.04. The van der Waals surface area contributed by atoms with E-state index in [-0.39, 0.29) is 0 Å². The van der Waals surface area contributed by atoms with Crippen molar-refractivity contribution < 1.29 is 4.74 Å². The number of aryl methyl sites for hydroxylation is 1. The van der Waals surface area contributed by atoms with E-state index in [1.807, 2.05) is 36.4 Å². The molecule has 0 aliphatic heterocycles. The molecule has 3 nitrogen and oxygen atoms in total. The Bertz CT molecular complexity index is 785. The number of hydrogen-bond acceptors (Lipinski definition) is 2. The van der Waals surface area contributed by atoms with Crippen molar-refractivity contribution in [2.24, 2.45) is 0 Å². The zero-order chi connectivity index (χ0) is 14.8. The Labute approximate surface area is 136 Å². The third-order valence-electron chi connectivity index (χ3n) is 3.33. The van der Waals surface area contributed by atoms with E-state index in [0.29, 0.717) is 12.3 Å². The first kappa shape index (κ1) is 14.4. The fraction of sp³-hybridized carbons (Fsp3) is 0.188. The first-order chi connectivity index (χ1) is 10.2. The van der Waals surface area contributed by atoms with Gasteiger partial charge in [0, 0.05) is 16.8 Å². The highest BCUT2D eigenvalue weighted by Crippen LogP contribution is 2.29. The number of ether oxygens (including phenoxy) is 1. The van der Waals surface area contributed by atoms with Crippen LogP contribution in [0.5, 0.6) is 5.75 Å². The topological polar surface area (TPSA) is 27.1 Å². The first-order valence-corrected chi connectivity index (χ1v) is 7.93. The number of alkyl halides is 1. The monoisotopic (exact) mass is 364 g/mol. The molecule has 0 N–H and O–H groups in total. The van der Waals surface area contributed by atoms with Crippen molar-refractivity contribution in [3.8, 4) is 11.4 Å². The molecule has 0 radical (unpaired) electrons. The van der Waals surface area contributed by atoms with Crippen molar-refractivity contribution in [2.75, 3.05) is 13.0 Å². The van der Waals surface area contributed by atoms with E-state index in [2.05, 4.69) is 26.6 Å². The Kier molecular flexibility index (Phi) is 4.17. The lowest BCUT2D eigenvalue weighted by atomic mass is 10.2. The predicted molar refractivity (Wildman–Crippen MR) is 89.7 cm³/mol. The van der Waals surface area contributed by atoms with Crippen molar-refractivity contribution in [3.05, 3.63) is 52.8 Å². The maximum atomic E-state index is 5.93. The number of imidazole rings is 1. The first-order valence-electron chi connectivity index (χ1n) is 6.61. The van der Waals surface area contributed by atoms with Gasteiger partial charge in [0.05, 0.1) is 23.8 Å². The van der Waals surface area contributed by atoms with Gasteiger partial charge in [-0.3, -0.25) is 4.57 Å². The van der Waals surface area contributed by atoms with Crippen LogP contribution in [0.15, 0.2) is 46.9 Å². The van der Waals surface area contributed by atoms with Crippen molar-refractivity contribution >= 4 is 38.6 Å². The van der Waals surface area contributed by atoms with E-state index >= 15 is 0 Å². The van der Waals surface area contributed by atoms with Crippen LogP contribution in [0.2, 0.25) is 0 Å². The minimum atomic E-state index is 0.527. The number of rotatable bonds is 4. The molecule has 0 aliphatic carbocycles. The standard InChI is InChI=1S/C16H14BrClN2O/c1-21-15-5-3-2-4-14(15)20-13-7-6-11(17)10-12(13)19-16(20)8-9-18/h2-7,10H,8-9H2,1H3. The zero-order valence-corrected chi connectivity index (χ0v) is 13.9. The average Bonchev–Trinajstić information content (AvgIpc) is 2.84. The van der Waals surface area contributed by atoms with Crippen LogP contribution in [-0.2, 0) is 6.42 Å². The second kappa shape index (κ2) is 6.08. The second-order valence-corrected chi connectivity index (χ2v) is 5.90. The number of methoxy groups -OCH3 is 1. The van der Waals surface area contributed by atoms with Gasteiger partial charge in [0.2, 0.25) is 0 Å². The minimum absolute atomic E-state index is 0.527. The van der Waals surface area contributed by atoms with Crippen LogP contribution in [0.25, 0.3) is 16.7 Å². The van der Waals surface area contributed by atoms with Crippen LogP contribution in [0.4, 0.5) is 0 Å². The lowest BCUT2D eigenvalue weighted by molar-refractivity contribution is 0.413. The zero-order valence-electron chi connectivity index (χ0n) is 11.5. The van der Waals surface area contributed by atoms with Gasteiger partial charge in [0.1, 0.15) is 11.6 Å². The van der Waals surface area contributed by atoms with Gasteiger partial charge in [-0.2, -0.15) is 0 Å². The third-order valence-corrected chi connectivity index (χ3v) is 4.01. The summed E-state index contributed by atoms with van der Waals surface area (Å²) in [6, 6.07) is 14.0. The van der Waals surface area contributed by atoms with E-state index in [1.54, 1.807) is 7.11 Å². The Morgan fingerprint density at radius 1 is 1.24 bits per heavy atom. The molecule has 0 amide bonds. The van der Waals surface area contributed by atoms with E-state index in [1.165, 1.54) is 0 Å². The molecule has 0 saturated carbocycles. The van der Waals surface area contributed by atoms with Crippen LogP contribution >= 0.6 is 27.5 Å². The molecule has 2 aromatic carbocycles. The SMILES string of the molecule is COc1ccccc1-n1c(CCCl)nc2cc(Br)ccc21. The molecular formula is C16H14BrClN2O. The quantitative estimate of drug-likeness (QED) is 0.633. The molecule has 0 fully saturated rings. The molecule has 1 heterocycles. The van der Waals surface area contributed by atoms with Gasteiger partial charge in [-0.15, -0.1) is 11.6 Å². The molecule has 108 valence electrons. The molecule has 0 unspecified atom stereocenters. The van der Waals surface area contributed by atoms with Gasteiger partial charge in [0.25, 0.3) is 0 Å². The molecule has 0 aliphatic rings. The summed E-state index contributed by atoms with van der Waals surface area (Å²) in [7, 11) is 1.68. The molecule has 0 bridgehead atoms. The largest absolute Gasteiger partial charge is 0.495 e. The summed E-state index contributed by atoms with van der Waals surface area (Å²) < 4.78 is 8.61. The molecule has 3 aromatic rings. The average molecular weight is 366 g/mol. The Balaban J connectivity index is 2.31. The van der Waals surface area contributed by atoms with Gasteiger partial charge in [-0.05, 0) is 30.3 Å². The Morgan fingerprint density at radius 2 is 2.05 bits per heavy atom. The molecule has 21 heavy (non-hydrogen) atoms. The van der Waals surface area contributed by atoms with Crippen LogP contribution in [0.3, 0.4) is 0 Å². The third kappa shape index (κ3) is 2.65. The summed E-state index contributed by atoms with van der Waals surface area (Å²) >= 11 is 9.42. The van der Waals surface area contributed by atoms with Crippen LogP contribution < -0.4 is 4.74 Å². The number of benzene rings is 2. The van der Waals surface area contributed by atoms with E-state index in [0.717, 1.165) is 32.8 Å². The van der Waals surface area contributed by atoms with Gasteiger partial charge in [0.15, 0.2) is 0 Å². The fourth-order valence-corrected chi connectivity index (χ4v) is 2.96. The number of nitrogens with zero attached hydrogens (tertiary/aromatic N) is 2. The van der Waals surface area contributed by atoms with E-state index in [4.69, 9.17) is 21.3 Å². The molecular weight excluding hydrogens is 352 g/mol. The van der Waals surface area contributed by atoms with Gasteiger partial charge in [-0.25, -0.2) is 4.98 Å². The van der Waals surface area contributed by atoms with Crippen molar-refractivity contribution in [1.29, 1.82) is 0 Å². The Hall–Kier alpha value is -1.52. The summed E-state index contributed by atoms with van der Waals surface area (Å²) in [5.41, 5.74) is 2.96. The van der Waals surface area contributed by atoms with Crippen LogP contribution in [0.1, 0.15) is 5.82 Å². The van der Waals surface area contributed by atoms with Gasteiger partial charge >= 0.3 is 0 Å². The number of para-hydroxylation sites is 2. The summed E-state index contributed by atoms with van der Waals surface area (Å²) in [5.74, 6) is 2.28. The minimum Gasteiger partial charge on any atom is -0.495 e. The normalized spacial score (nSPS) is 11.0. The second-order valence-electron chi connectivity index (χ2n) is 4.61. The number of fused-ring (bicyclic) bond motifs is 1. The summed E-state index contributed by atoms with van der Waals surface area (Å²) in [5, 5.41) is 0. The highest BCUT2D eigenvalue weighted by atomic mass is 79.9. The van der Waals surface area contributed by atoms with Crippen molar-refractivity contribution in [1.82, 2.24) is 9.55 Å². The number of hydrogen-bond donors (Lipinski definition) is 0. The van der Waals surface area contributed by atoms with Crippen molar-refractivity contribution in [3.63, 3.8) is 0 Å². The summed E-state index contributed by atoms with van der Waals surface area (Å²) in [6.45, 7) is 0. The molecule has 0 spiro atoms. The van der Waals surface area contributed by atoms with Crippen LogP contribution in [-0.4, -0.2) is 22.5 Å².